The summed E-state index contributed by atoms with van der Waals surface area (Å²) >= 11 is 0. The van der Waals surface area contributed by atoms with Crippen LogP contribution in [0.1, 0.15) is 48.0 Å². The third-order valence-electron chi connectivity index (χ3n) is 3.94. The molecular formula is C16H32NO4Si. The van der Waals surface area contributed by atoms with Gasteiger partial charge in [0.1, 0.15) is 5.60 Å². The first kappa shape index (κ1) is 19.5. The maximum Gasteiger partial charge on any atom is 0.412 e. The van der Waals surface area contributed by atoms with Gasteiger partial charge >= 0.3 is 6.09 Å². The summed E-state index contributed by atoms with van der Waals surface area (Å²) in [7, 11) is -1.07. The molecule has 5 nitrogen and oxygen atoms in total. The Morgan fingerprint density at radius 2 is 1.82 bits per heavy atom. The van der Waals surface area contributed by atoms with Crippen molar-refractivity contribution in [3.63, 3.8) is 0 Å². The zero-order chi connectivity index (χ0) is 17.3. The van der Waals surface area contributed by atoms with Crippen molar-refractivity contribution in [2.75, 3.05) is 13.2 Å². The van der Waals surface area contributed by atoms with E-state index >= 15 is 0 Å². The predicted octanol–water partition coefficient (Wildman–Crippen LogP) is 3.25. The molecule has 0 aromatic carbocycles. The predicted molar refractivity (Wildman–Crippen MR) is 88.9 cm³/mol. The van der Waals surface area contributed by atoms with Crippen LogP contribution >= 0.6 is 0 Å². The molecule has 0 aliphatic carbocycles. The van der Waals surface area contributed by atoms with Crippen molar-refractivity contribution in [3.05, 3.63) is 0 Å². The van der Waals surface area contributed by atoms with E-state index in [9.17, 15) is 9.90 Å². The number of aliphatic hydroxyl groups is 1. The van der Waals surface area contributed by atoms with Gasteiger partial charge in [0.2, 0.25) is 9.04 Å². The van der Waals surface area contributed by atoms with E-state index < -0.39 is 26.5 Å². The van der Waals surface area contributed by atoms with Crippen molar-refractivity contribution in [2.24, 2.45) is 11.3 Å². The summed E-state index contributed by atoms with van der Waals surface area (Å²) in [6.07, 6.45) is 0.235. The summed E-state index contributed by atoms with van der Waals surface area (Å²) in [4.78, 5) is 14.2. The van der Waals surface area contributed by atoms with Gasteiger partial charge in [-0.1, -0.05) is 20.8 Å². The number of carbonyl (C=O) groups excluding carboxylic acids is 1. The highest BCUT2D eigenvalue weighted by molar-refractivity contribution is 6.48. The number of nitrogens with zero attached hydrogens (tertiary/aromatic N) is 1. The van der Waals surface area contributed by atoms with E-state index in [2.05, 4.69) is 20.8 Å². The number of aliphatic hydroxyl groups excluding tert-OH is 1. The number of hydrogen-bond donors (Lipinski definition) is 1. The van der Waals surface area contributed by atoms with Crippen LogP contribution in [0.5, 0.6) is 0 Å². The molecule has 1 saturated heterocycles. The number of ether oxygens (including phenoxy) is 1. The maximum atomic E-state index is 12.6. The van der Waals surface area contributed by atoms with Crippen molar-refractivity contribution in [3.8, 4) is 0 Å². The third-order valence-corrected chi connectivity index (χ3v) is 4.73. The standard InChI is InChI=1S/C16H32NO4Si/c1-14(2,3)12-9-16(11-18,21-22(7)8)17(10-12)13(19)20-15(4,5)6/h12,18H,9-11H2,1-8H3/t12-,16-/m0/s1. The normalized spacial score (nSPS) is 26.6. The molecule has 129 valence electrons. The molecule has 1 N–H and O–H groups in total. The minimum absolute atomic E-state index is 0.0366. The van der Waals surface area contributed by atoms with Crippen molar-refractivity contribution < 1.29 is 19.1 Å². The van der Waals surface area contributed by atoms with Crippen LogP contribution < -0.4 is 0 Å². The van der Waals surface area contributed by atoms with Gasteiger partial charge in [-0.15, -0.1) is 0 Å². The second-order valence-corrected chi connectivity index (χ2v) is 10.5. The maximum absolute atomic E-state index is 12.6. The van der Waals surface area contributed by atoms with Crippen molar-refractivity contribution in [1.29, 1.82) is 0 Å². The largest absolute Gasteiger partial charge is 0.444 e. The van der Waals surface area contributed by atoms with Gasteiger partial charge in [-0.3, -0.25) is 4.90 Å². The molecule has 0 aromatic heterocycles. The Hall–Kier alpha value is -0.593. The number of likely N-dealkylation sites (tertiary alicyclic amines) is 1. The van der Waals surface area contributed by atoms with Gasteiger partial charge in [0, 0.05) is 13.0 Å². The second kappa shape index (κ2) is 6.49. The molecule has 1 rings (SSSR count). The summed E-state index contributed by atoms with van der Waals surface area (Å²) in [5.41, 5.74) is -1.47. The average Bonchev–Trinajstić information content (AvgIpc) is 2.65. The fourth-order valence-electron chi connectivity index (χ4n) is 2.74. The molecule has 0 saturated carbocycles. The van der Waals surface area contributed by atoms with E-state index in [4.69, 9.17) is 9.16 Å². The van der Waals surface area contributed by atoms with Crippen LogP contribution in [-0.4, -0.2) is 49.6 Å². The molecule has 1 aliphatic heterocycles. The average molecular weight is 331 g/mol. The van der Waals surface area contributed by atoms with Gasteiger partial charge in [-0.25, -0.2) is 4.79 Å². The number of amides is 1. The van der Waals surface area contributed by atoms with Crippen molar-refractivity contribution >= 4 is 15.1 Å². The molecule has 1 aliphatic rings. The second-order valence-electron chi connectivity index (χ2n) is 8.47. The first-order valence-electron chi connectivity index (χ1n) is 7.91. The van der Waals surface area contributed by atoms with Crippen LogP contribution in [0, 0.1) is 11.3 Å². The lowest BCUT2D eigenvalue weighted by molar-refractivity contribution is -0.0963. The highest BCUT2D eigenvalue weighted by Crippen LogP contribution is 2.43. The highest BCUT2D eigenvalue weighted by Gasteiger charge is 2.52. The smallest absolute Gasteiger partial charge is 0.412 e. The topological polar surface area (TPSA) is 59.0 Å². The molecule has 1 amide bonds. The van der Waals surface area contributed by atoms with E-state index in [-0.39, 0.29) is 17.9 Å². The summed E-state index contributed by atoms with van der Waals surface area (Å²) in [6, 6.07) is 0. The Bertz CT molecular complexity index is 400. The van der Waals surface area contributed by atoms with Crippen LogP contribution in [0.15, 0.2) is 0 Å². The van der Waals surface area contributed by atoms with Crippen LogP contribution in [0.4, 0.5) is 4.79 Å². The number of hydrogen-bond acceptors (Lipinski definition) is 4. The zero-order valence-corrected chi connectivity index (χ0v) is 16.3. The van der Waals surface area contributed by atoms with E-state index in [1.165, 1.54) is 0 Å². The Morgan fingerprint density at radius 1 is 1.27 bits per heavy atom. The lowest BCUT2D eigenvalue weighted by Crippen LogP contribution is -2.54. The van der Waals surface area contributed by atoms with Crippen LogP contribution in [0.25, 0.3) is 0 Å². The van der Waals surface area contributed by atoms with Crippen molar-refractivity contribution in [1.82, 2.24) is 4.90 Å². The number of carbonyl (C=O) groups is 1. The molecule has 6 heteroatoms. The fraction of sp³-hybridized carbons (Fsp3) is 0.938. The molecule has 1 heterocycles. The van der Waals surface area contributed by atoms with Crippen LogP contribution in [0.2, 0.25) is 13.1 Å². The van der Waals surface area contributed by atoms with Gasteiger partial charge in [0.15, 0.2) is 5.72 Å². The lowest BCUT2D eigenvalue weighted by atomic mass is 9.79. The molecule has 0 unspecified atom stereocenters. The molecule has 0 spiro atoms. The molecular weight excluding hydrogens is 298 g/mol. The molecule has 0 bridgehead atoms. The lowest BCUT2D eigenvalue weighted by Gasteiger charge is -2.38. The molecule has 1 fully saturated rings. The SMILES string of the molecule is C[Si](C)O[C@]1(CO)C[C@H](C(C)(C)C)CN1C(=O)OC(C)(C)C. The molecule has 22 heavy (non-hydrogen) atoms. The molecule has 1 radical (unpaired) electrons. The van der Waals surface area contributed by atoms with Gasteiger partial charge in [-0.05, 0) is 45.2 Å². The van der Waals surface area contributed by atoms with Gasteiger partial charge in [-0.2, -0.15) is 0 Å². The highest BCUT2D eigenvalue weighted by atomic mass is 28.3. The summed E-state index contributed by atoms with van der Waals surface area (Å²) in [5.74, 6) is 0.258. The molecule has 2 atom stereocenters. The first-order chi connectivity index (χ1) is 9.81. The monoisotopic (exact) mass is 330 g/mol. The number of rotatable bonds is 3. The van der Waals surface area contributed by atoms with E-state index in [0.717, 1.165) is 0 Å². The van der Waals surface area contributed by atoms with Crippen LogP contribution in [0.3, 0.4) is 0 Å². The van der Waals surface area contributed by atoms with E-state index in [1.54, 1.807) is 4.90 Å². The minimum Gasteiger partial charge on any atom is -0.444 e. The Morgan fingerprint density at radius 3 is 2.18 bits per heavy atom. The molecule has 0 aromatic rings. The van der Waals surface area contributed by atoms with Gasteiger partial charge in [0.25, 0.3) is 0 Å². The summed E-state index contributed by atoms with van der Waals surface area (Å²) in [5, 5.41) is 10.0. The van der Waals surface area contributed by atoms with Crippen LogP contribution in [-0.2, 0) is 9.16 Å². The minimum atomic E-state index is -1.07. The Balaban J connectivity index is 3.09. The van der Waals surface area contributed by atoms with E-state index in [0.29, 0.717) is 13.0 Å². The summed E-state index contributed by atoms with van der Waals surface area (Å²) < 4.78 is 11.6. The first-order valence-corrected chi connectivity index (χ1v) is 10.3. The quantitative estimate of drug-likeness (QED) is 0.807. The zero-order valence-electron chi connectivity index (χ0n) is 15.3. The summed E-state index contributed by atoms with van der Waals surface area (Å²) in [6.45, 7) is 16.4. The van der Waals surface area contributed by atoms with Crippen molar-refractivity contribution in [2.45, 2.75) is 72.4 Å². The van der Waals surface area contributed by atoms with E-state index in [1.807, 2.05) is 33.9 Å². The Kier molecular flexibility index (Phi) is 5.74. The van der Waals surface area contributed by atoms with Gasteiger partial charge < -0.3 is 14.3 Å². The third kappa shape index (κ3) is 4.70. The fourth-order valence-corrected chi connectivity index (χ4v) is 3.76. The Labute approximate surface area is 136 Å². The van der Waals surface area contributed by atoms with Gasteiger partial charge in [0.05, 0.1) is 6.61 Å².